The van der Waals surface area contributed by atoms with E-state index in [1.807, 2.05) is 27.7 Å². The van der Waals surface area contributed by atoms with Gasteiger partial charge in [0.15, 0.2) is 5.69 Å². The van der Waals surface area contributed by atoms with E-state index in [1.54, 1.807) is 0 Å². The Balaban J connectivity index is 2.10. The number of amides is 2. The Labute approximate surface area is 124 Å². The fourth-order valence-corrected chi connectivity index (χ4v) is 2.40. The molecule has 1 aliphatic carbocycles. The van der Waals surface area contributed by atoms with Crippen molar-refractivity contribution in [2.45, 2.75) is 59.0 Å². The molecular weight excluding hydrogens is 270 g/mol. The van der Waals surface area contributed by atoms with Crippen LogP contribution in [-0.4, -0.2) is 29.1 Å². The lowest BCUT2D eigenvalue weighted by atomic mass is 9.91. The maximum absolute atomic E-state index is 12.1. The normalized spacial score (nSPS) is 17.7. The molecule has 2 rings (SSSR count). The van der Waals surface area contributed by atoms with Gasteiger partial charge in [-0.3, -0.25) is 9.59 Å². The standard InChI is InChI=1S/C15H23N3O3/c1-8(2)14(19)17-10-5-6-12-11(7-10)13(18-21-12)15(20)16-9(3)4/h8-10H,5-7H2,1-4H3,(H,16,20)(H,17,19). The number of nitrogens with zero attached hydrogens (tertiary/aromatic N) is 1. The average Bonchev–Trinajstić information content (AvgIpc) is 2.80. The second-order valence-electron chi connectivity index (χ2n) is 6.16. The molecule has 0 aliphatic heterocycles. The van der Waals surface area contributed by atoms with Gasteiger partial charge in [0.1, 0.15) is 5.76 Å². The SMILES string of the molecule is CC(C)NC(=O)c1noc2c1CC(NC(=O)C(C)C)CC2. The molecule has 1 atom stereocenters. The molecule has 1 aromatic rings. The molecule has 1 aliphatic rings. The summed E-state index contributed by atoms with van der Waals surface area (Å²) in [6.45, 7) is 7.53. The van der Waals surface area contributed by atoms with Crippen molar-refractivity contribution < 1.29 is 14.1 Å². The molecule has 0 fully saturated rings. The molecule has 0 radical (unpaired) electrons. The highest BCUT2D eigenvalue weighted by molar-refractivity contribution is 5.94. The topological polar surface area (TPSA) is 84.2 Å². The van der Waals surface area contributed by atoms with Gasteiger partial charge >= 0.3 is 0 Å². The molecule has 0 spiro atoms. The summed E-state index contributed by atoms with van der Waals surface area (Å²) in [6.07, 6.45) is 2.10. The van der Waals surface area contributed by atoms with Crippen LogP contribution >= 0.6 is 0 Å². The van der Waals surface area contributed by atoms with Crippen molar-refractivity contribution in [1.29, 1.82) is 0 Å². The molecule has 1 heterocycles. The molecule has 6 nitrogen and oxygen atoms in total. The Kier molecular flexibility index (Phi) is 4.65. The third kappa shape index (κ3) is 3.62. The molecule has 0 aromatic carbocycles. The van der Waals surface area contributed by atoms with Gasteiger partial charge in [-0.05, 0) is 26.7 Å². The number of aryl methyl sites for hydroxylation is 1. The number of fused-ring (bicyclic) bond motifs is 1. The third-order valence-corrected chi connectivity index (χ3v) is 3.55. The van der Waals surface area contributed by atoms with Crippen LogP contribution in [-0.2, 0) is 17.6 Å². The lowest BCUT2D eigenvalue weighted by Crippen LogP contribution is -2.41. The zero-order valence-corrected chi connectivity index (χ0v) is 13.0. The number of hydrogen-bond acceptors (Lipinski definition) is 4. The minimum atomic E-state index is -0.217. The summed E-state index contributed by atoms with van der Waals surface area (Å²) >= 11 is 0. The molecule has 1 aromatic heterocycles. The average molecular weight is 293 g/mol. The van der Waals surface area contributed by atoms with Crippen molar-refractivity contribution in [3.63, 3.8) is 0 Å². The van der Waals surface area contributed by atoms with Crippen LogP contribution in [0.3, 0.4) is 0 Å². The Bertz CT molecular complexity index is 534. The zero-order chi connectivity index (χ0) is 15.6. The van der Waals surface area contributed by atoms with Gasteiger partial charge in [0.2, 0.25) is 5.91 Å². The van der Waals surface area contributed by atoms with Crippen molar-refractivity contribution in [3.05, 3.63) is 17.0 Å². The summed E-state index contributed by atoms with van der Waals surface area (Å²) < 4.78 is 5.27. The Morgan fingerprint density at radius 3 is 2.62 bits per heavy atom. The first-order chi connectivity index (χ1) is 9.88. The monoisotopic (exact) mass is 293 g/mol. The number of rotatable bonds is 4. The van der Waals surface area contributed by atoms with Crippen LogP contribution < -0.4 is 10.6 Å². The maximum Gasteiger partial charge on any atom is 0.273 e. The number of nitrogens with one attached hydrogen (secondary N) is 2. The summed E-state index contributed by atoms with van der Waals surface area (Å²) in [5.41, 5.74) is 1.18. The minimum absolute atomic E-state index is 0.0353. The number of aromatic nitrogens is 1. The van der Waals surface area contributed by atoms with Gasteiger partial charge in [-0.25, -0.2) is 0 Å². The Morgan fingerprint density at radius 1 is 1.29 bits per heavy atom. The molecule has 6 heteroatoms. The summed E-state index contributed by atoms with van der Waals surface area (Å²) in [7, 11) is 0. The number of carbonyl (C=O) groups excluding carboxylic acids is 2. The van der Waals surface area contributed by atoms with E-state index in [0.29, 0.717) is 18.5 Å². The molecule has 0 bridgehead atoms. The first kappa shape index (κ1) is 15.5. The van der Waals surface area contributed by atoms with E-state index in [1.165, 1.54) is 0 Å². The summed E-state index contributed by atoms with van der Waals surface area (Å²) in [4.78, 5) is 23.9. The van der Waals surface area contributed by atoms with Gasteiger partial charge in [-0.15, -0.1) is 0 Å². The van der Waals surface area contributed by atoms with Crippen LogP contribution in [0.5, 0.6) is 0 Å². The van der Waals surface area contributed by atoms with E-state index in [-0.39, 0.29) is 29.8 Å². The highest BCUT2D eigenvalue weighted by Crippen LogP contribution is 2.25. The minimum Gasteiger partial charge on any atom is -0.360 e. The van der Waals surface area contributed by atoms with E-state index in [9.17, 15) is 9.59 Å². The van der Waals surface area contributed by atoms with Gasteiger partial charge in [0.05, 0.1) is 0 Å². The smallest absolute Gasteiger partial charge is 0.273 e. The molecule has 116 valence electrons. The lowest BCUT2D eigenvalue weighted by molar-refractivity contribution is -0.124. The molecule has 2 N–H and O–H groups in total. The molecule has 1 unspecified atom stereocenters. The van der Waals surface area contributed by atoms with Gasteiger partial charge in [0, 0.05) is 30.0 Å². The summed E-state index contributed by atoms with van der Waals surface area (Å²) in [5, 5.41) is 9.74. The third-order valence-electron chi connectivity index (χ3n) is 3.55. The number of hydrogen-bond donors (Lipinski definition) is 2. The van der Waals surface area contributed by atoms with Crippen LogP contribution in [0.1, 0.15) is 55.9 Å². The molecular formula is C15H23N3O3. The van der Waals surface area contributed by atoms with Gasteiger partial charge < -0.3 is 15.2 Å². The van der Waals surface area contributed by atoms with Crippen molar-refractivity contribution >= 4 is 11.8 Å². The fraction of sp³-hybridized carbons (Fsp3) is 0.667. The second-order valence-corrected chi connectivity index (χ2v) is 6.16. The zero-order valence-electron chi connectivity index (χ0n) is 13.0. The van der Waals surface area contributed by atoms with E-state index in [4.69, 9.17) is 4.52 Å². The lowest BCUT2D eigenvalue weighted by Gasteiger charge is -2.23. The predicted molar refractivity (Wildman–Crippen MR) is 77.9 cm³/mol. The Hall–Kier alpha value is -1.85. The summed E-state index contributed by atoms with van der Waals surface area (Å²) in [6, 6.07) is 0.0854. The molecule has 2 amide bonds. The quantitative estimate of drug-likeness (QED) is 0.880. The predicted octanol–water partition coefficient (Wildman–Crippen LogP) is 1.44. The maximum atomic E-state index is 12.1. The largest absolute Gasteiger partial charge is 0.360 e. The van der Waals surface area contributed by atoms with Crippen LogP contribution in [0.25, 0.3) is 0 Å². The number of carbonyl (C=O) groups is 2. The second kappa shape index (κ2) is 6.28. The fourth-order valence-electron chi connectivity index (χ4n) is 2.40. The molecule has 0 saturated heterocycles. The van der Waals surface area contributed by atoms with Crippen molar-refractivity contribution in [3.8, 4) is 0 Å². The van der Waals surface area contributed by atoms with Crippen LogP contribution in [0, 0.1) is 5.92 Å². The first-order valence-corrected chi connectivity index (χ1v) is 7.47. The van der Waals surface area contributed by atoms with Crippen molar-refractivity contribution in [2.75, 3.05) is 0 Å². The van der Waals surface area contributed by atoms with Crippen LogP contribution in [0.15, 0.2) is 4.52 Å². The summed E-state index contributed by atoms with van der Waals surface area (Å²) in [5.74, 6) is 0.537. The van der Waals surface area contributed by atoms with Gasteiger partial charge in [-0.1, -0.05) is 19.0 Å². The molecule has 21 heavy (non-hydrogen) atoms. The highest BCUT2D eigenvalue weighted by Gasteiger charge is 2.29. The van der Waals surface area contributed by atoms with E-state index < -0.39 is 0 Å². The van der Waals surface area contributed by atoms with E-state index in [2.05, 4.69) is 15.8 Å². The van der Waals surface area contributed by atoms with Gasteiger partial charge in [-0.2, -0.15) is 0 Å². The first-order valence-electron chi connectivity index (χ1n) is 7.47. The van der Waals surface area contributed by atoms with Crippen LogP contribution in [0.4, 0.5) is 0 Å². The molecule has 0 saturated carbocycles. The van der Waals surface area contributed by atoms with E-state index >= 15 is 0 Å². The van der Waals surface area contributed by atoms with Gasteiger partial charge in [0.25, 0.3) is 5.91 Å². The van der Waals surface area contributed by atoms with E-state index in [0.717, 1.165) is 17.7 Å². The van der Waals surface area contributed by atoms with Crippen molar-refractivity contribution in [1.82, 2.24) is 15.8 Å². The van der Waals surface area contributed by atoms with Crippen molar-refractivity contribution in [2.24, 2.45) is 5.92 Å². The highest BCUT2D eigenvalue weighted by atomic mass is 16.5. The van der Waals surface area contributed by atoms with Crippen LogP contribution in [0.2, 0.25) is 0 Å². The Morgan fingerprint density at radius 2 is 2.00 bits per heavy atom.